The molecule has 2 rings (SSSR count). The first-order valence-electron chi connectivity index (χ1n) is 8.11. The van der Waals surface area contributed by atoms with Gasteiger partial charge in [0, 0.05) is 10.5 Å². The van der Waals surface area contributed by atoms with E-state index in [9.17, 15) is 0 Å². The van der Waals surface area contributed by atoms with Crippen molar-refractivity contribution in [2.45, 2.75) is 65.3 Å². The van der Waals surface area contributed by atoms with E-state index >= 15 is 0 Å². The number of halogens is 1. The first-order chi connectivity index (χ1) is 9.61. The summed E-state index contributed by atoms with van der Waals surface area (Å²) in [6, 6.07) is 5.17. The van der Waals surface area contributed by atoms with Gasteiger partial charge in [-0.1, -0.05) is 61.0 Å². The summed E-state index contributed by atoms with van der Waals surface area (Å²) in [4.78, 5) is 0. The van der Waals surface area contributed by atoms with Gasteiger partial charge in [-0.2, -0.15) is 0 Å². The maximum atomic E-state index is 3.72. The fraction of sp³-hybridized carbons (Fsp3) is 0.667. The molecule has 20 heavy (non-hydrogen) atoms. The molecule has 0 radical (unpaired) electrons. The molecule has 1 atom stereocenters. The molecule has 1 aromatic rings. The third-order valence-electron chi connectivity index (χ3n) is 4.67. The Bertz CT molecular complexity index is 435. The Morgan fingerprint density at radius 1 is 1.15 bits per heavy atom. The van der Waals surface area contributed by atoms with Crippen molar-refractivity contribution in [2.75, 3.05) is 6.54 Å². The van der Waals surface area contributed by atoms with Crippen molar-refractivity contribution < 1.29 is 0 Å². The van der Waals surface area contributed by atoms with Crippen LogP contribution in [0.25, 0.3) is 0 Å². The van der Waals surface area contributed by atoms with Crippen LogP contribution in [0, 0.1) is 19.8 Å². The van der Waals surface area contributed by atoms with Crippen molar-refractivity contribution in [3.8, 4) is 0 Å². The highest BCUT2D eigenvalue weighted by molar-refractivity contribution is 9.10. The SMILES string of the molecule is CCNC(CC1CCCCC1)c1cc(C)c(Br)cc1C. The fourth-order valence-corrected chi connectivity index (χ4v) is 3.96. The van der Waals surface area contributed by atoms with Gasteiger partial charge in [0.15, 0.2) is 0 Å². The van der Waals surface area contributed by atoms with E-state index in [-0.39, 0.29) is 0 Å². The van der Waals surface area contributed by atoms with Gasteiger partial charge in [-0.15, -0.1) is 0 Å². The van der Waals surface area contributed by atoms with Crippen LogP contribution in [0.4, 0.5) is 0 Å². The fourth-order valence-electron chi connectivity index (χ4n) is 3.50. The summed E-state index contributed by atoms with van der Waals surface area (Å²) in [5, 5.41) is 3.72. The van der Waals surface area contributed by atoms with Gasteiger partial charge < -0.3 is 5.32 Å². The van der Waals surface area contributed by atoms with E-state index in [0.717, 1.165) is 12.5 Å². The first kappa shape index (κ1) is 16.0. The maximum absolute atomic E-state index is 3.72. The van der Waals surface area contributed by atoms with Crippen molar-refractivity contribution in [2.24, 2.45) is 5.92 Å². The van der Waals surface area contributed by atoms with E-state index in [1.165, 1.54) is 59.7 Å². The van der Waals surface area contributed by atoms with Gasteiger partial charge in [-0.25, -0.2) is 0 Å². The molecule has 0 amide bonds. The van der Waals surface area contributed by atoms with Crippen molar-refractivity contribution in [3.63, 3.8) is 0 Å². The molecule has 1 aliphatic rings. The third kappa shape index (κ3) is 4.08. The Labute approximate surface area is 132 Å². The number of nitrogens with one attached hydrogen (secondary N) is 1. The molecule has 0 aromatic heterocycles. The Kier molecular flexibility index (Phi) is 6.10. The Morgan fingerprint density at radius 2 is 1.85 bits per heavy atom. The Hall–Kier alpha value is -0.340. The Morgan fingerprint density at radius 3 is 2.50 bits per heavy atom. The monoisotopic (exact) mass is 337 g/mol. The van der Waals surface area contributed by atoms with E-state index in [0.29, 0.717) is 6.04 Å². The van der Waals surface area contributed by atoms with Crippen LogP contribution in [0.5, 0.6) is 0 Å². The van der Waals surface area contributed by atoms with E-state index in [1.54, 1.807) is 0 Å². The van der Waals surface area contributed by atoms with Crippen molar-refractivity contribution in [1.82, 2.24) is 5.32 Å². The molecule has 1 nitrogen and oxygen atoms in total. The van der Waals surface area contributed by atoms with Crippen LogP contribution in [0.2, 0.25) is 0 Å². The second kappa shape index (κ2) is 7.61. The summed E-state index contributed by atoms with van der Waals surface area (Å²) in [7, 11) is 0. The van der Waals surface area contributed by atoms with Crippen molar-refractivity contribution >= 4 is 15.9 Å². The molecule has 0 bridgehead atoms. The minimum atomic E-state index is 0.523. The predicted octanol–water partition coefficient (Wildman–Crippen LogP) is 5.69. The second-order valence-electron chi connectivity index (χ2n) is 6.31. The molecule has 1 fully saturated rings. The van der Waals surface area contributed by atoms with Crippen LogP contribution in [-0.2, 0) is 0 Å². The van der Waals surface area contributed by atoms with Crippen LogP contribution >= 0.6 is 15.9 Å². The highest BCUT2D eigenvalue weighted by Crippen LogP contribution is 2.34. The maximum Gasteiger partial charge on any atom is 0.0325 e. The smallest absolute Gasteiger partial charge is 0.0325 e. The average molecular weight is 338 g/mol. The van der Waals surface area contributed by atoms with E-state index in [1.807, 2.05) is 0 Å². The lowest BCUT2D eigenvalue weighted by Crippen LogP contribution is -2.25. The summed E-state index contributed by atoms with van der Waals surface area (Å²) in [6.45, 7) is 7.70. The van der Waals surface area contributed by atoms with Gasteiger partial charge in [-0.05, 0) is 55.5 Å². The summed E-state index contributed by atoms with van der Waals surface area (Å²) >= 11 is 3.65. The van der Waals surface area contributed by atoms with Crippen LogP contribution in [0.3, 0.4) is 0 Å². The highest BCUT2D eigenvalue weighted by Gasteiger charge is 2.21. The number of aryl methyl sites for hydroxylation is 2. The molecule has 2 heteroatoms. The topological polar surface area (TPSA) is 12.0 Å². The lowest BCUT2D eigenvalue weighted by molar-refractivity contribution is 0.301. The third-order valence-corrected chi connectivity index (χ3v) is 5.52. The molecule has 0 spiro atoms. The normalized spacial score (nSPS) is 18.2. The zero-order valence-corrected chi connectivity index (χ0v) is 14.7. The van der Waals surface area contributed by atoms with Gasteiger partial charge in [0.2, 0.25) is 0 Å². The quantitative estimate of drug-likeness (QED) is 0.727. The number of hydrogen-bond acceptors (Lipinski definition) is 1. The van der Waals surface area contributed by atoms with Crippen LogP contribution in [0.15, 0.2) is 16.6 Å². The molecule has 112 valence electrons. The van der Waals surface area contributed by atoms with E-state index in [4.69, 9.17) is 0 Å². The van der Waals surface area contributed by atoms with Crippen molar-refractivity contribution in [3.05, 3.63) is 33.3 Å². The van der Waals surface area contributed by atoms with Crippen LogP contribution in [-0.4, -0.2) is 6.54 Å². The molecule has 1 aliphatic carbocycles. The van der Waals surface area contributed by atoms with Gasteiger partial charge in [0.05, 0.1) is 0 Å². The summed E-state index contributed by atoms with van der Waals surface area (Å²) in [5.41, 5.74) is 4.25. The minimum Gasteiger partial charge on any atom is -0.310 e. The van der Waals surface area contributed by atoms with Crippen molar-refractivity contribution in [1.29, 1.82) is 0 Å². The number of hydrogen-bond donors (Lipinski definition) is 1. The zero-order chi connectivity index (χ0) is 14.5. The molecule has 1 unspecified atom stereocenters. The molecule has 1 N–H and O–H groups in total. The summed E-state index contributed by atoms with van der Waals surface area (Å²) in [6.07, 6.45) is 8.46. The van der Waals surface area contributed by atoms with Gasteiger partial charge >= 0.3 is 0 Å². The molecule has 0 heterocycles. The Balaban J connectivity index is 2.16. The molecule has 1 saturated carbocycles. The standard InChI is InChI=1S/C18H28BrN/c1-4-20-18(12-15-8-6-5-7-9-15)16-10-14(3)17(19)11-13(16)2/h10-11,15,18,20H,4-9,12H2,1-3H3. The number of benzene rings is 1. The molecular formula is C18H28BrN. The predicted molar refractivity (Wildman–Crippen MR) is 91.2 cm³/mol. The first-order valence-corrected chi connectivity index (χ1v) is 8.91. The van der Waals surface area contributed by atoms with E-state index in [2.05, 4.69) is 54.2 Å². The second-order valence-corrected chi connectivity index (χ2v) is 7.16. The largest absolute Gasteiger partial charge is 0.310 e. The molecule has 0 saturated heterocycles. The van der Waals surface area contributed by atoms with Gasteiger partial charge in [-0.3, -0.25) is 0 Å². The zero-order valence-electron chi connectivity index (χ0n) is 13.1. The van der Waals surface area contributed by atoms with Crippen LogP contribution in [0.1, 0.15) is 68.2 Å². The average Bonchev–Trinajstić information content (AvgIpc) is 2.44. The molecule has 1 aromatic carbocycles. The summed E-state index contributed by atoms with van der Waals surface area (Å²) < 4.78 is 1.23. The summed E-state index contributed by atoms with van der Waals surface area (Å²) in [5.74, 6) is 0.913. The minimum absolute atomic E-state index is 0.523. The molecular weight excluding hydrogens is 310 g/mol. The number of rotatable bonds is 5. The van der Waals surface area contributed by atoms with E-state index < -0.39 is 0 Å². The molecule has 0 aliphatic heterocycles. The van der Waals surface area contributed by atoms with Gasteiger partial charge in [0.25, 0.3) is 0 Å². The lowest BCUT2D eigenvalue weighted by Gasteiger charge is -2.28. The van der Waals surface area contributed by atoms with Gasteiger partial charge in [0.1, 0.15) is 0 Å². The lowest BCUT2D eigenvalue weighted by atomic mass is 9.82. The van der Waals surface area contributed by atoms with Crippen LogP contribution < -0.4 is 5.32 Å². The highest BCUT2D eigenvalue weighted by atomic mass is 79.9.